The highest BCUT2D eigenvalue weighted by molar-refractivity contribution is 5.97. The van der Waals surface area contributed by atoms with E-state index < -0.39 is 0 Å². The average Bonchev–Trinajstić information content (AvgIpc) is 3.07. The van der Waals surface area contributed by atoms with Crippen LogP contribution < -0.4 is 10.6 Å². The predicted molar refractivity (Wildman–Crippen MR) is 96.9 cm³/mol. The van der Waals surface area contributed by atoms with E-state index in [4.69, 9.17) is 0 Å². The second kappa shape index (κ2) is 8.14. The SMILES string of the molecule is CNC(=O)c1cc(C(=O)NC2CCC(O)CC2)n(Cc2ccccc2)n1. The van der Waals surface area contributed by atoms with Crippen molar-refractivity contribution < 1.29 is 14.7 Å². The Balaban J connectivity index is 1.80. The van der Waals surface area contributed by atoms with Crippen molar-refractivity contribution in [2.45, 2.75) is 44.4 Å². The Morgan fingerprint density at radius 3 is 2.50 bits per heavy atom. The van der Waals surface area contributed by atoms with Gasteiger partial charge in [-0.1, -0.05) is 30.3 Å². The maximum Gasteiger partial charge on any atom is 0.271 e. The molecular formula is C19H24N4O3. The molecule has 1 aromatic carbocycles. The number of hydrogen-bond acceptors (Lipinski definition) is 4. The maximum atomic E-state index is 12.8. The summed E-state index contributed by atoms with van der Waals surface area (Å²) in [6.45, 7) is 0.407. The van der Waals surface area contributed by atoms with Gasteiger partial charge in [-0.15, -0.1) is 0 Å². The van der Waals surface area contributed by atoms with Gasteiger partial charge in [0.1, 0.15) is 5.69 Å². The Labute approximate surface area is 152 Å². The highest BCUT2D eigenvalue weighted by atomic mass is 16.3. The lowest BCUT2D eigenvalue weighted by atomic mass is 9.93. The standard InChI is InChI=1S/C19H24N4O3/c1-20-18(25)16-11-17(19(26)21-14-7-9-15(24)10-8-14)23(22-16)12-13-5-3-2-4-6-13/h2-6,11,14-15,24H,7-10,12H2,1H3,(H,20,25)(H,21,26). The van der Waals surface area contributed by atoms with Crippen LogP contribution in [-0.2, 0) is 6.54 Å². The fourth-order valence-electron chi connectivity index (χ4n) is 3.19. The third-order valence-corrected chi connectivity index (χ3v) is 4.68. The first-order chi connectivity index (χ1) is 12.6. The fraction of sp³-hybridized carbons (Fsp3) is 0.421. The van der Waals surface area contributed by atoms with Gasteiger partial charge in [0, 0.05) is 19.2 Å². The molecule has 1 fully saturated rings. The van der Waals surface area contributed by atoms with Crippen molar-refractivity contribution >= 4 is 11.8 Å². The van der Waals surface area contributed by atoms with E-state index in [0.717, 1.165) is 18.4 Å². The molecule has 7 heteroatoms. The number of hydrogen-bond donors (Lipinski definition) is 3. The Morgan fingerprint density at radius 2 is 1.85 bits per heavy atom. The molecule has 26 heavy (non-hydrogen) atoms. The zero-order valence-corrected chi connectivity index (χ0v) is 14.8. The van der Waals surface area contributed by atoms with Gasteiger partial charge >= 0.3 is 0 Å². The van der Waals surface area contributed by atoms with Crippen LogP contribution in [0.15, 0.2) is 36.4 Å². The van der Waals surface area contributed by atoms with Gasteiger partial charge in [0.25, 0.3) is 11.8 Å². The van der Waals surface area contributed by atoms with E-state index in [0.29, 0.717) is 25.1 Å². The Hall–Kier alpha value is -2.67. The summed E-state index contributed by atoms with van der Waals surface area (Å²) < 4.78 is 1.56. The molecule has 0 unspecified atom stereocenters. The molecule has 1 saturated carbocycles. The second-order valence-electron chi connectivity index (χ2n) is 6.62. The number of aliphatic hydroxyl groups excluding tert-OH is 1. The molecule has 3 N–H and O–H groups in total. The summed E-state index contributed by atoms with van der Waals surface area (Å²) in [6, 6.07) is 11.2. The van der Waals surface area contributed by atoms with Crippen molar-refractivity contribution in [2.24, 2.45) is 0 Å². The van der Waals surface area contributed by atoms with Gasteiger partial charge in [0.15, 0.2) is 5.69 Å². The topological polar surface area (TPSA) is 96.3 Å². The fourth-order valence-corrected chi connectivity index (χ4v) is 3.19. The van der Waals surface area contributed by atoms with E-state index >= 15 is 0 Å². The number of carbonyl (C=O) groups is 2. The summed E-state index contributed by atoms with van der Waals surface area (Å²) in [5, 5.41) is 19.5. The summed E-state index contributed by atoms with van der Waals surface area (Å²) in [6.07, 6.45) is 2.62. The first kappa shape index (κ1) is 18.1. The molecule has 3 rings (SSSR count). The number of aliphatic hydroxyl groups is 1. The van der Waals surface area contributed by atoms with Crippen molar-refractivity contribution in [2.75, 3.05) is 7.05 Å². The first-order valence-electron chi connectivity index (χ1n) is 8.89. The summed E-state index contributed by atoms with van der Waals surface area (Å²) in [4.78, 5) is 24.7. The molecule has 138 valence electrons. The number of nitrogens with one attached hydrogen (secondary N) is 2. The van der Waals surface area contributed by atoms with E-state index in [-0.39, 0.29) is 29.7 Å². The number of carbonyl (C=O) groups excluding carboxylic acids is 2. The van der Waals surface area contributed by atoms with Crippen LogP contribution in [-0.4, -0.2) is 45.9 Å². The van der Waals surface area contributed by atoms with Crippen LogP contribution in [0, 0.1) is 0 Å². The van der Waals surface area contributed by atoms with Gasteiger partial charge in [-0.2, -0.15) is 5.10 Å². The third kappa shape index (κ3) is 4.29. The molecule has 1 aliphatic carbocycles. The third-order valence-electron chi connectivity index (χ3n) is 4.68. The van der Waals surface area contributed by atoms with Crippen molar-refractivity contribution in [3.63, 3.8) is 0 Å². The van der Waals surface area contributed by atoms with Crippen LogP contribution in [0.4, 0.5) is 0 Å². The number of benzene rings is 1. The molecule has 0 aliphatic heterocycles. The average molecular weight is 356 g/mol. The molecule has 1 aromatic heterocycles. The van der Waals surface area contributed by atoms with E-state index in [1.807, 2.05) is 30.3 Å². The summed E-state index contributed by atoms with van der Waals surface area (Å²) in [5.41, 5.74) is 1.57. The van der Waals surface area contributed by atoms with Gasteiger partial charge in [-0.05, 0) is 31.2 Å². The van der Waals surface area contributed by atoms with Crippen LogP contribution in [0.3, 0.4) is 0 Å². The van der Waals surface area contributed by atoms with E-state index in [1.54, 1.807) is 4.68 Å². The lowest BCUT2D eigenvalue weighted by molar-refractivity contribution is 0.0858. The number of amides is 2. The maximum absolute atomic E-state index is 12.8. The minimum absolute atomic E-state index is 0.0365. The predicted octanol–water partition coefficient (Wildman–Crippen LogP) is 1.32. The van der Waals surface area contributed by atoms with Crippen LogP contribution >= 0.6 is 0 Å². The minimum atomic E-state index is -0.327. The molecule has 1 heterocycles. The zero-order valence-electron chi connectivity index (χ0n) is 14.8. The van der Waals surface area contributed by atoms with Crippen molar-refractivity contribution in [3.05, 3.63) is 53.3 Å². The lowest BCUT2D eigenvalue weighted by Gasteiger charge is -2.26. The number of aromatic nitrogens is 2. The van der Waals surface area contributed by atoms with Crippen LogP contribution in [0.25, 0.3) is 0 Å². The van der Waals surface area contributed by atoms with Crippen molar-refractivity contribution in [1.82, 2.24) is 20.4 Å². The van der Waals surface area contributed by atoms with Gasteiger partial charge in [0.2, 0.25) is 0 Å². The lowest BCUT2D eigenvalue weighted by Crippen LogP contribution is -2.39. The molecule has 1 aliphatic rings. The smallest absolute Gasteiger partial charge is 0.271 e. The minimum Gasteiger partial charge on any atom is -0.393 e. The van der Waals surface area contributed by atoms with E-state index in [9.17, 15) is 14.7 Å². The van der Waals surface area contributed by atoms with Crippen molar-refractivity contribution in [3.8, 4) is 0 Å². The Kier molecular flexibility index (Phi) is 5.68. The normalized spacial score (nSPS) is 19.8. The van der Waals surface area contributed by atoms with Gasteiger partial charge in [-0.3, -0.25) is 14.3 Å². The molecule has 0 radical (unpaired) electrons. The van der Waals surface area contributed by atoms with Gasteiger partial charge in [0.05, 0.1) is 12.6 Å². The first-order valence-corrected chi connectivity index (χ1v) is 8.89. The van der Waals surface area contributed by atoms with Crippen molar-refractivity contribution in [1.29, 1.82) is 0 Å². The number of rotatable bonds is 5. The van der Waals surface area contributed by atoms with Crippen LogP contribution in [0.2, 0.25) is 0 Å². The molecule has 0 saturated heterocycles. The van der Waals surface area contributed by atoms with Gasteiger partial charge < -0.3 is 15.7 Å². The Morgan fingerprint density at radius 1 is 1.15 bits per heavy atom. The molecule has 0 atom stereocenters. The van der Waals surface area contributed by atoms with Crippen LogP contribution in [0.5, 0.6) is 0 Å². The highest BCUT2D eigenvalue weighted by Crippen LogP contribution is 2.19. The summed E-state index contributed by atoms with van der Waals surface area (Å²) in [7, 11) is 1.53. The molecule has 2 aromatic rings. The summed E-state index contributed by atoms with van der Waals surface area (Å²) >= 11 is 0. The monoisotopic (exact) mass is 356 g/mol. The molecule has 0 spiro atoms. The van der Waals surface area contributed by atoms with E-state index in [1.165, 1.54) is 13.1 Å². The summed E-state index contributed by atoms with van der Waals surface area (Å²) in [5.74, 6) is -0.573. The molecule has 2 amide bonds. The van der Waals surface area contributed by atoms with Gasteiger partial charge in [-0.25, -0.2) is 0 Å². The highest BCUT2D eigenvalue weighted by Gasteiger charge is 2.24. The van der Waals surface area contributed by atoms with E-state index in [2.05, 4.69) is 15.7 Å². The second-order valence-corrected chi connectivity index (χ2v) is 6.62. The Bertz CT molecular complexity index is 764. The quantitative estimate of drug-likeness (QED) is 0.753. The zero-order chi connectivity index (χ0) is 18.5. The number of nitrogens with zero attached hydrogens (tertiary/aromatic N) is 2. The largest absolute Gasteiger partial charge is 0.393 e. The molecular weight excluding hydrogens is 332 g/mol. The molecule has 0 bridgehead atoms. The van der Waals surface area contributed by atoms with Crippen LogP contribution in [0.1, 0.15) is 52.2 Å². The molecule has 7 nitrogen and oxygen atoms in total.